The fraction of sp³-hybridized carbons (Fsp3) is 0.462. The summed E-state index contributed by atoms with van der Waals surface area (Å²) >= 11 is 5.76. The van der Waals surface area contributed by atoms with Crippen LogP contribution in [0.1, 0.15) is 11.6 Å². The lowest BCUT2D eigenvalue weighted by molar-refractivity contribution is -0.124. The molecule has 1 aliphatic rings. The van der Waals surface area contributed by atoms with Crippen molar-refractivity contribution < 1.29 is 17.6 Å². The smallest absolute Gasteiger partial charge is 0.226 e. The zero-order valence-electron chi connectivity index (χ0n) is 11.9. The summed E-state index contributed by atoms with van der Waals surface area (Å²) in [5, 5.41) is 2.59. The van der Waals surface area contributed by atoms with Gasteiger partial charge in [-0.25, -0.2) is 18.2 Å². The molecule has 3 N–H and O–H groups in total. The van der Waals surface area contributed by atoms with Gasteiger partial charge in [-0.3, -0.25) is 10.2 Å². The highest BCUT2D eigenvalue weighted by atomic mass is 35.5. The van der Waals surface area contributed by atoms with E-state index in [1.807, 2.05) is 0 Å². The van der Waals surface area contributed by atoms with Crippen LogP contribution in [0.2, 0.25) is 5.02 Å². The standard InChI is InChI=1S/C13H17ClFN3O3S/c1-22(20,21)5-4-16-13(19)9-7-17-18-12(9)8-2-3-11(15)10(14)6-8/h2-3,6,9,12,17-18H,4-5,7H2,1H3,(H,16,19). The maximum Gasteiger partial charge on any atom is 0.226 e. The zero-order valence-corrected chi connectivity index (χ0v) is 13.5. The largest absolute Gasteiger partial charge is 0.355 e. The molecule has 1 aromatic rings. The first-order valence-corrected chi connectivity index (χ1v) is 9.10. The Kier molecular flexibility index (Phi) is 5.38. The molecule has 1 aromatic carbocycles. The molecule has 1 saturated heterocycles. The summed E-state index contributed by atoms with van der Waals surface area (Å²) in [4.78, 5) is 12.2. The van der Waals surface area contributed by atoms with Crippen molar-refractivity contribution in [3.05, 3.63) is 34.6 Å². The summed E-state index contributed by atoms with van der Waals surface area (Å²) in [6, 6.07) is 3.91. The fourth-order valence-electron chi connectivity index (χ4n) is 2.25. The Morgan fingerprint density at radius 1 is 1.50 bits per heavy atom. The average Bonchev–Trinajstić information content (AvgIpc) is 2.89. The van der Waals surface area contributed by atoms with Gasteiger partial charge in [0, 0.05) is 19.3 Å². The molecule has 0 saturated carbocycles. The predicted octanol–water partition coefficient (Wildman–Crippen LogP) is 0.405. The molecule has 0 spiro atoms. The van der Waals surface area contributed by atoms with Gasteiger partial charge < -0.3 is 5.32 Å². The van der Waals surface area contributed by atoms with Gasteiger partial charge in [-0.2, -0.15) is 0 Å². The molecule has 0 bridgehead atoms. The Morgan fingerprint density at radius 2 is 2.23 bits per heavy atom. The molecule has 0 radical (unpaired) electrons. The van der Waals surface area contributed by atoms with Gasteiger partial charge >= 0.3 is 0 Å². The van der Waals surface area contributed by atoms with Gasteiger partial charge in [0.1, 0.15) is 15.7 Å². The SMILES string of the molecule is CS(=O)(=O)CCNC(=O)C1CNNC1c1ccc(F)c(Cl)c1. The molecule has 0 aromatic heterocycles. The minimum Gasteiger partial charge on any atom is -0.355 e. The Hall–Kier alpha value is -1.22. The first-order chi connectivity index (χ1) is 10.3. The molecule has 2 unspecified atom stereocenters. The van der Waals surface area contributed by atoms with Crippen molar-refractivity contribution in [2.75, 3.05) is 25.1 Å². The van der Waals surface area contributed by atoms with Crippen LogP contribution in [-0.2, 0) is 14.6 Å². The van der Waals surface area contributed by atoms with Gasteiger partial charge in [0.25, 0.3) is 0 Å². The predicted molar refractivity (Wildman–Crippen MR) is 81.5 cm³/mol. The molecule has 0 aliphatic carbocycles. The van der Waals surface area contributed by atoms with Crippen LogP contribution in [0.5, 0.6) is 0 Å². The molecular formula is C13H17ClFN3O3S. The van der Waals surface area contributed by atoms with E-state index < -0.39 is 21.6 Å². The number of hydrazine groups is 1. The Labute approximate surface area is 133 Å². The lowest BCUT2D eigenvalue weighted by Crippen LogP contribution is -2.37. The first kappa shape index (κ1) is 17.1. The van der Waals surface area contributed by atoms with E-state index >= 15 is 0 Å². The third-order valence-electron chi connectivity index (χ3n) is 3.39. The van der Waals surface area contributed by atoms with Crippen LogP contribution < -0.4 is 16.2 Å². The van der Waals surface area contributed by atoms with Crippen LogP contribution in [0.3, 0.4) is 0 Å². The van der Waals surface area contributed by atoms with Gasteiger partial charge in [-0.1, -0.05) is 17.7 Å². The number of carbonyl (C=O) groups excluding carboxylic acids is 1. The van der Waals surface area contributed by atoms with E-state index in [0.717, 1.165) is 6.26 Å². The molecule has 2 atom stereocenters. The molecule has 1 aliphatic heterocycles. The topological polar surface area (TPSA) is 87.3 Å². The maximum absolute atomic E-state index is 13.2. The monoisotopic (exact) mass is 349 g/mol. The third-order valence-corrected chi connectivity index (χ3v) is 4.63. The van der Waals surface area contributed by atoms with Crippen molar-refractivity contribution in [1.82, 2.24) is 16.2 Å². The number of benzene rings is 1. The van der Waals surface area contributed by atoms with Crippen molar-refractivity contribution >= 4 is 27.3 Å². The molecule has 1 amide bonds. The molecule has 1 heterocycles. The van der Waals surface area contributed by atoms with Crippen molar-refractivity contribution in [1.29, 1.82) is 0 Å². The number of sulfone groups is 1. The van der Waals surface area contributed by atoms with Gasteiger partial charge in [0.05, 0.1) is 22.7 Å². The number of nitrogens with one attached hydrogen (secondary N) is 3. The van der Waals surface area contributed by atoms with E-state index in [4.69, 9.17) is 11.6 Å². The Bertz CT molecular complexity index is 668. The molecule has 22 heavy (non-hydrogen) atoms. The van der Waals surface area contributed by atoms with Crippen LogP contribution in [0.4, 0.5) is 4.39 Å². The van der Waals surface area contributed by atoms with E-state index in [-0.39, 0.29) is 29.3 Å². The number of rotatable bonds is 5. The average molecular weight is 350 g/mol. The number of hydrogen-bond acceptors (Lipinski definition) is 5. The van der Waals surface area contributed by atoms with E-state index in [1.54, 1.807) is 6.07 Å². The number of carbonyl (C=O) groups is 1. The summed E-state index contributed by atoms with van der Waals surface area (Å²) in [6.07, 6.45) is 1.11. The quantitative estimate of drug-likeness (QED) is 0.716. The highest BCUT2D eigenvalue weighted by Crippen LogP contribution is 2.28. The van der Waals surface area contributed by atoms with Crippen molar-refractivity contribution in [2.24, 2.45) is 5.92 Å². The highest BCUT2D eigenvalue weighted by molar-refractivity contribution is 7.90. The summed E-state index contributed by atoms with van der Waals surface area (Å²) in [5.41, 5.74) is 6.50. The molecule has 9 heteroatoms. The van der Waals surface area contributed by atoms with E-state index in [9.17, 15) is 17.6 Å². The lowest BCUT2D eigenvalue weighted by atomic mass is 9.94. The molecule has 6 nitrogen and oxygen atoms in total. The van der Waals surface area contributed by atoms with Crippen LogP contribution in [0.15, 0.2) is 18.2 Å². The zero-order chi connectivity index (χ0) is 16.3. The van der Waals surface area contributed by atoms with Crippen LogP contribution in [0, 0.1) is 11.7 Å². The normalized spacial score (nSPS) is 21.8. The molecule has 1 fully saturated rings. The molecule has 2 rings (SSSR count). The number of amides is 1. The number of hydrogen-bond donors (Lipinski definition) is 3. The van der Waals surface area contributed by atoms with Crippen LogP contribution in [0.25, 0.3) is 0 Å². The summed E-state index contributed by atoms with van der Waals surface area (Å²) in [7, 11) is -3.12. The summed E-state index contributed by atoms with van der Waals surface area (Å²) in [6.45, 7) is 0.440. The van der Waals surface area contributed by atoms with Crippen molar-refractivity contribution in [2.45, 2.75) is 6.04 Å². The minimum atomic E-state index is -3.12. The molecule has 122 valence electrons. The Morgan fingerprint density at radius 3 is 2.86 bits per heavy atom. The van der Waals surface area contributed by atoms with Crippen LogP contribution in [-0.4, -0.2) is 39.4 Å². The minimum absolute atomic E-state index is 0.0116. The fourth-order valence-corrected chi connectivity index (χ4v) is 2.92. The second kappa shape index (κ2) is 6.91. The van der Waals surface area contributed by atoms with E-state index in [0.29, 0.717) is 12.1 Å². The maximum atomic E-state index is 13.2. The van der Waals surface area contributed by atoms with E-state index in [1.165, 1.54) is 12.1 Å². The molecular weight excluding hydrogens is 333 g/mol. The first-order valence-electron chi connectivity index (χ1n) is 6.67. The summed E-state index contributed by atoms with van der Waals surface area (Å²) in [5.74, 6) is -1.35. The van der Waals surface area contributed by atoms with E-state index in [2.05, 4.69) is 16.2 Å². The van der Waals surface area contributed by atoms with Crippen molar-refractivity contribution in [3.63, 3.8) is 0 Å². The second-order valence-corrected chi connectivity index (χ2v) is 7.87. The summed E-state index contributed by atoms with van der Waals surface area (Å²) < 4.78 is 35.3. The second-order valence-electron chi connectivity index (χ2n) is 5.20. The van der Waals surface area contributed by atoms with Gasteiger partial charge in [0.2, 0.25) is 5.91 Å². The third kappa shape index (κ3) is 4.39. The Balaban J connectivity index is 2.03. The van der Waals surface area contributed by atoms with Crippen molar-refractivity contribution in [3.8, 4) is 0 Å². The van der Waals surface area contributed by atoms with Gasteiger partial charge in [-0.15, -0.1) is 0 Å². The highest BCUT2D eigenvalue weighted by Gasteiger charge is 2.34. The number of halogens is 2. The van der Waals surface area contributed by atoms with Gasteiger partial charge in [0.15, 0.2) is 0 Å². The van der Waals surface area contributed by atoms with Crippen LogP contribution >= 0.6 is 11.6 Å². The van der Waals surface area contributed by atoms with Gasteiger partial charge in [-0.05, 0) is 17.7 Å². The lowest BCUT2D eigenvalue weighted by Gasteiger charge is -2.18.